The molecule has 0 aliphatic heterocycles. The molecule has 1 amide bonds. The number of phenols is 2. The number of phenolic OH excluding ortho intramolecular Hbond substituents is 2. The maximum Gasteiger partial charge on any atom is 0.311 e. The van der Waals surface area contributed by atoms with E-state index < -0.39 is 5.91 Å². The summed E-state index contributed by atoms with van der Waals surface area (Å²) in [4.78, 5) is 17.1. The van der Waals surface area contributed by atoms with Gasteiger partial charge < -0.3 is 10.2 Å². The first-order chi connectivity index (χ1) is 15.5. The van der Waals surface area contributed by atoms with Crippen LogP contribution < -0.4 is 5.43 Å². The molecule has 0 saturated heterocycles. The van der Waals surface area contributed by atoms with Gasteiger partial charge in [0.15, 0.2) is 17.3 Å². The van der Waals surface area contributed by atoms with E-state index >= 15 is 0 Å². The van der Waals surface area contributed by atoms with Crippen molar-refractivity contribution in [1.29, 1.82) is 0 Å². The third kappa shape index (κ3) is 4.41. The average molecular weight is 557 g/mol. The minimum absolute atomic E-state index is 0.0568. The number of nitrogens with one attached hydrogen (secondary N) is 1. The summed E-state index contributed by atoms with van der Waals surface area (Å²) in [5.74, 6) is -0.795. The van der Waals surface area contributed by atoms with Crippen LogP contribution in [-0.2, 0) is 0 Å². The van der Waals surface area contributed by atoms with Crippen LogP contribution in [0.15, 0.2) is 80.8 Å². The highest BCUT2D eigenvalue weighted by Crippen LogP contribution is 2.40. The fraction of sp³-hybridized carbons (Fsp3) is 0. The lowest BCUT2D eigenvalue weighted by molar-refractivity contribution is 0.0945. The number of benzene rings is 3. The van der Waals surface area contributed by atoms with Crippen molar-refractivity contribution in [3.8, 4) is 28.6 Å². The van der Waals surface area contributed by atoms with Crippen molar-refractivity contribution in [1.82, 2.24) is 20.2 Å². The van der Waals surface area contributed by atoms with Crippen molar-refractivity contribution in [2.45, 2.75) is 0 Å². The smallest absolute Gasteiger partial charge is 0.311 e. The molecule has 0 saturated carbocycles. The van der Waals surface area contributed by atoms with Crippen LogP contribution in [0, 0.1) is 0 Å². The number of aromatic hydroxyl groups is 2. The van der Waals surface area contributed by atoms with E-state index in [2.05, 4.69) is 52.5 Å². The van der Waals surface area contributed by atoms with Crippen LogP contribution in [0.1, 0.15) is 16.2 Å². The first-order valence-corrected chi connectivity index (χ1v) is 10.9. The van der Waals surface area contributed by atoms with Gasteiger partial charge in [-0.3, -0.25) is 4.79 Å². The van der Waals surface area contributed by atoms with Crippen molar-refractivity contribution < 1.29 is 15.0 Å². The number of hydrazone groups is 1. The van der Waals surface area contributed by atoms with Gasteiger partial charge >= 0.3 is 5.91 Å². The number of nitrogens with zero attached hydrogens (tertiary/aromatic N) is 4. The van der Waals surface area contributed by atoms with Gasteiger partial charge in [0.2, 0.25) is 5.82 Å². The Morgan fingerprint density at radius 2 is 1.66 bits per heavy atom. The average Bonchev–Trinajstić information content (AvgIpc) is 3.28. The number of halogens is 2. The van der Waals surface area contributed by atoms with Gasteiger partial charge in [-0.1, -0.05) is 48.5 Å². The number of hydrogen-bond acceptors (Lipinski definition) is 6. The molecular formula is C22H15Br2N5O3. The lowest BCUT2D eigenvalue weighted by atomic mass is 10.2. The lowest BCUT2D eigenvalue weighted by Crippen LogP contribution is -2.19. The molecule has 0 aliphatic rings. The second-order valence-electron chi connectivity index (χ2n) is 6.53. The zero-order valence-corrected chi connectivity index (χ0v) is 19.4. The number of aromatic nitrogens is 3. The molecule has 0 atom stereocenters. The Balaban J connectivity index is 1.62. The maximum absolute atomic E-state index is 12.7. The first-order valence-electron chi connectivity index (χ1n) is 9.27. The first kappa shape index (κ1) is 21.7. The van der Waals surface area contributed by atoms with Gasteiger partial charge in [0, 0.05) is 11.1 Å². The van der Waals surface area contributed by atoms with Gasteiger partial charge in [0.05, 0.1) is 20.8 Å². The van der Waals surface area contributed by atoms with Gasteiger partial charge in [0.25, 0.3) is 0 Å². The number of carbonyl (C=O) groups is 1. The Hall–Kier alpha value is -3.50. The van der Waals surface area contributed by atoms with E-state index in [0.717, 1.165) is 11.3 Å². The van der Waals surface area contributed by atoms with Crippen molar-refractivity contribution in [3.63, 3.8) is 0 Å². The normalized spacial score (nSPS) is 11.1. The minimum atomic E-state index is -0.605. The summed E-state index contributed by atoms with van der Waals surface area (Å²) < 4.78 is 2.11. The summed E-state index contributed by atoms with van der Waals surface area (Å²) >= 11 is 6.32. The van der Waals surface area contributed by atoms with Crippen LogP contribution in [0.3, 0.4) is 0 Å². The van der Waals surface area contributed by atoms with Gasteiger partial charge in [-0.05, 0) is 50.1 Å². The van der Waals surface area contributed by atoms with E-state index in [1.165, 1.54) is 12.3 Å². The van der Waals surface area contributed by atoms with Crippen molar-refractivity contribution in [3.05, 3.63) is 87.1 Å². The third-order valence-electron chi connectivity index (χ3n) is 4.41. The molecule has 0 unspecified atom stereocenters. The van der Waals surface area contributed by atoms with E-state index in [1.54, 1.807) is 4.68 Å². The number of amides is 1. The molecule has 3 aromatic carbocycles. The Morgan fingerprint density at radius 1 is 1.00 bits per heavy atom. The van der Waals surface area contributed by atoms with Crippen molar-refractivity contribution in [2.24, 2.45) is 5.10 Å². The van der Waals surface area contributed by atoms with Crippen molar-refractivity contribution >= 4 is 44.0 Å². The lowest BCUT2D eigenvalue weighted by Gasteiger charge is -2.06. The molecule has 0 bridgehead atoms. The molecule has 0 fully saturated rings. The quantitative estimate of drug-likeness (QED) is 0.188. The number of carbonyl (C=O) groups excluding carboxylic acids is 1. The van der Waals surface area contributed by atoms with E-state index in [4.69, 9.17) is 0 Å². The summed E-state index contributed by atoms with van der Waals surface area (Å²) in [5, 5.41) is 27.9. The molecule has 4 aromatic rings. The zero-order chi connectivity index (χ0) is 22.7. The molecule has 0 radical (unpaired) electrons. The fourth-order valence-corrected chi connectivity index (χ4v) is 3.70. The largest absolute Gasteiger partial charge is 0.503 e. The summed E-state index contributed by atoms with van der Waals surface area (Å²) in [7, 11) is 0. The van der Waals surface area contributed by atoms with Gasteiger partial charge in [-0.25, -0.2) is 15.1 Å². The minimum Gasteiger partial charge on any atom is -0.503 e. The maximum atomic E-state index is 12.7. The Morgan fingerprint density at radius 3 is 2.34 bits per heavy atom. The summed E-state index contributed by atoms with van der Waals surface area (Å²) in [6.07, 6.45) is 1.32. The standard InChI is InChI=1S/C22H15Br2N5O3/c23-16-11-14(17(24)19(31)18(16)30)12-25-27-22(32)20-26-21(13-7-3-1-4-8-13)29(28-20)15-9-5-2-6-10-15/h1-12,30-31H,(H,27,32). The molecule has 0 spiro atoms. The Kier molecular flexibility index (Phi) is 6.33. The van der Waals surface area contributed by atoms with Crippen LogP contribution in [0.4, 0.5) is 0 Å². The monoisotopic (exact) mass is 555 g/mol. The molecule has 1 heterocycles. The number of rotatable bonds is 5. The van der Waals surface area contributed by atoms with Crippen LogP contribution in [0.5, 0.6) is 11.5 Å². The Bertz CT molecular complexity index is 1250. The molecule has 0 aliphatic carbocycles. The zero-order valence-electron chi connectivity index (χ0n) is 16.3. The van der Waals surface area contributed by atoms with Crippen LogP contribution >= 0.6 is 31.9 Å². The fourth-order valence-electron chi connectivity index (χ4n) is 2.86. The molecule has 160 valence electrons. The molecule has 10 heteroatoms. The molecule has 1 aromatic heterocycles. The SMILES string of the molecule is O=C(NN=Cc1cc(Br)c(O)c(O)c1Br)c1nc(-c2ccccc2)n(-c2ccccc2)n1. The predicted octanol–water partition coefficient (Wildman–Crippen LogP) is 4.63. The molecule has 4 rings (SSSR count). The third-order valence-corrected chi connectivity index (χ3v) is 5.84. The second-order valence-corrected chi connectivity index (χ2v) is 8.18. The van der Waals surface area contributed by atoms with Crippen LogP contribution in [-0.4, -0.2) is 37.1 Å². The van der Waals surface area contributed by atoms with E-state index in [0.29, 0.717) is 11.4 Å². The highest BCUT2D eigenvalue weighted by atomic mass is 79.9. The van der Waals surface area contributed by atoms with Crippen molar-refractivity contribution in [2.75, 3.05) is 0 Å². The predicted molar refractivity (Wildman–Crippen MR) is 127 cm³/mol. The molecule has 8 nitrogen and oxygen atoms in total. The molecule has 3 N–H and O–H groups in total. The summed E-state index contributed by atoms with van der Waals surface area (Å²) in [6, 6.07) is 20.3. The summed E-state index contributed by atoms with van der Waals surface area (Å²) in [5.41, 5.74) is 4.38. The van der Waals surface area contributed by atoms with Gasteiger partial charge in [0.1, 0.15) is 0 Å². The van der Waals surface area contributed by atoms with Crippen LogP contribution in [0.25, 0.3) is 17.1 Å². The van der Waals surface area contributed by atoms with E-state index in [9.17, 15) is 15.0 Å². The number of hydrogen-bond donors (Lipinski definition) is 3. The van der Waals surface area contributed by atoms with Crippen LogP contribution in [0.2, 0.25) is 0 Å². The van der Waals surface area contributed by atoms with E-state index in [1.807, 2.05) is 60.7 Å². The second kappa shape index (κ2) is 9.33. The van der Waals surface area contributed by atoms with E-state index in [-0.39, 0.29) is 26.3 Å². The topological polar surface area (TPSA) is 113 Å². The highest BCUT2D eigenvalue weighted by Gasteiger charge is 2.18. The summed E-state index contributed by atoms with van der Waals surface area (Å²) in [6.45, 7) is 0. The van der Waals surface area contributed by atoms with Gasteiger partial charge in [-0.2, -0.15) is 5.10 Å². The van der Waals surface area contributed by atoms with Gasteiger partial charge in [-0.15, -0.1) is 5.10 Å². The highest BCUT2D eigenvalue weighted by molar-refractivity contribution is 9.11. The molecule has 32 heavy (non-hydrogen) atoms. The molecular weight excluding hydrogens is 542 g/mol. The number of para-hydroxylation sites is 1. The Labute approximate surface area is 199 Å².